The predicted octanol–water partition coefficient (Wildman–Crippen LogP) is 3.15. The van der Waals surface area contributed by atoms with Gasteiger partial charge in [0.25, 0.3) is 0 Å². The van der Waals surface area contributed by atoms with Crippen LogP contribution in [-0.4, -0.2) is 57.9 Å². The van der Waals surface area contributed by atoms with Gasteiger partial charge in [0.15, 0.2) is 5.78 Å². The first-order chi connectivity index (χ1) is 17.5. The van der Waals surface area contributed by atoms with E-state index in [0.717, 1.165) is 0 Å². The maximum absolute atomic E-state index is 15.6. The van der Waals surface area contributed by atoms with Crippen LogP contribution in [0.5, 0.6) is 0 Å². The highest BCUT2D eigenvalue weighted by molar-refractivity contribution is 6.09. The maximum Gasteiger partial charge on any atom is 0.244 e. The van der Waals surface area contributed by atoms with Gasteiger partial charge in [-0.05, 0) is 51.1 Å². The number of carbonyl (C=O) groups excluding carboxylic acids is 3. The number of nitrogens with one attached hydrogen (secondary N) is 1. The molecule has 1 aromatic carbocycles. The van der Waals surface area contributed by atoms with E-state index in [4.69, 9.17) is 0 Å². The Hall–Kier alpha value is -4.18. The first kappa shape index (κ1) is 24.5. The number of aromatic nitrogens is 2. The van der Waals surface area contributed by atoms with Crippen molar-refractivity contribution in [1.29, 1.82) is 0 Å². The van der Waals surface area contributed by atoms with Crippen molar-refractivity contribution in [3.8, 4) is 11.1 Å². The molecule has 1 atom stereocenters. The normalized spacial score (nSPS) is 17.9. The minimum Gasteiger partial charge on any atom is -0.386 e. The number of ketones is 1. The molecule has 2 aliphatic heterocycles. The van der Waals surface area contributed by atoms with Gasteiger partial charge in [-0.1, -0.05) is 6.07 Å². The van der Waals surface area contributed by atoms with Crippen LogP contribution in [0.15, 0.2) is 48.7 Å². The number of fused-ring (bicyclic) bond motifs is 3. The zero-order valence-corrected chi connectivity index (χ0v) is 20.7. The van der Waals surface area contributed by atoms with Crippen molar-refractivity contribution in [1.82, 2.24) is 9.97 Å². The van der Waals surface area contributed by atoms with Gasteiger partial charge in [-0.3, -0.25) is 19.4 Å². The number of Topliss-reactive ketones (excluding diaryl/α,β-unsaturated/α-hetero) is 1. The highest BCUT2D eigenvalue weighted by Crippen LogP contribution is 2.43. The summed E-state index contributed by atoms with van der Waals surface area (Å²) in [6, 6.07) is 11.3. The van der Waals surface area contributed by atoms with Crippen molar-refractivity contribution in [2.75, 3.05) is 34.8 Å². The number of anilines is 3. The molecule has 3 aromatic rings. The minimum atomic E-state index is -0.913. The minimum absolute atomic E-state index is 0.0930. The fraction of sp³-hybridized carbons (Fsp3) is 0.296. The van der Waals surface area contributed by atoms with Gasteiger partial charge in [0, 0.05) is 42.2 Å². The second kappa shape index (κ2) is 9.04. The Labute approximate surface area is 213 Å². The second-order valence-electron chi connectivity index (χ2n) is 9.78. The first-order valence-electron chi connectivity index (χ1n) is 11.9. The monoisotopic (exact) mass is 503 g/mol. The molecule has 4 heterocycles. The van der Waals surface area contributed by atoms with Gasteiger partial charge in [0.1, 0.15) is 12.4 Å². The molecule has 0 bridgehead atoms. The van der Waals surface area contributed by atoms with Gasteiger partial charge in [-0.2, -0.15) is 4.39 Å². The van der Waals surface area contributed by atoms with Crippen LogP contribution in [-0.2, 0) is 9.59 Å². The molecule has 10 heteroatoms. The predicted molar refractivity (Wildman–Crippen MR) is 136 cm³/mol. The number of nitrogens with zero attached hydrogens (tertiary/aromatic N) is 4. The van der Waals surface area contributed by atoms with E-state index in [1.54, 1.807) is 61.2 Å². The van der Waals surface area contributed by atoms with E-state index in [1.165, 1.54) is 18.0 Å². The number of amides is 2. The van der Waals surface area contributed by atoms with Crippen LogP contribution in [0.4, 0.5) is 21.6 Å². The zero-order valence-electron chi connectivity index (χ0n) is 20.7. The van der Waals surface area contributed by atoms with Crippen LogP contribution in [0.2, 0.25) is 0 Å². The van der Waals surface area contributed by atoms with Gasteiger partial charge in [0.05, 0.1) is 28.5 Å². The molecule has 37 heavy (non-hydrogen) atoms. The summed E-state index contributed by atoms with van der Waals surface area (Å²) in [5, 5.41) is 12.9. The number of benzene rings is 1. The molecule has 0 radical (unpaired) electrons. The van der Waals surface area contributed by atoms with Gasteiger partial charge in [0.2, 0.25) is 17.8 Å². The van der Waals surface area contributed by atoms with Crippen LogP contribution in [0.25, 0.3) is 11.1 Å². The fourth-order valence-electron chi connectivity index (χ4n) is 4.79. The summed E-state index contributed by atoms with van der Waals surface area (Å²) in [6.45, 7) is 4.95. The van der Waals surface area contributed by atoms with Crippen molar-refractivity contribution in [2.45, 2.75) is 32.3 Å². The van der Waals surface area contributed by atoms with Crippen LogP contribution in [0.3, 0.4) is 0 Å². The SMILES string of the molecule is CC(=O)c1ccc(NC(=O)CN2C(=O)C(C)c3ncccc3-c3c2cc(N2CC(C)(O)C2)nc3F)cc1. The van der Waals surface area contributed by atoms with E-state index in [9.17, 15) is 19.5 Å². The number of hydrogen-bond acceptors (Lipinski definition) is 7. The molecule has 5 rings (SSSR count). The lowest BCUT2D eigenvalue weighted by Crippen LogP contribution is -2.60. The topological polar surface area (TPSA) is 116 Å². The summed E-state index contributed by atoms with van der Waals surface area (Å²) in [6.07, 6.45) is 1.54. The molecular formula is C27H26FN5O4. The molecule has 1 fully saturated rings. The maximum atomic E-state index is 15.6. The number of aliphatic hydroxyl groups is 1. The number of carbonyl (C=O) groups is 3. The third-order valence-corrected chi connectivity index (χ3v) is 6.65. The summed E-state index contributed by atoms with van der Waals surface area (Å²) < 4.78 is 15.6. The molecule has 1 saturated heterocycles. The Kier molecular flexibility index (Phi) is 5.99. The summed E-state index contributed by atoms with van der Waals surface area (Å²) >= 11 is 0. The van der Waals surface area contributed by atoms with Crippen LogP contribution >= 0.6 is 0 Å². The zero-order chi connectivity index (χ0) is 26.5. The molecule has 2 amide bonds. The smallest absolute Gasteiger partial charge is 0.244 e. The molecule has 2 aromatic heterocycles. The summed E-state index contributed by atoms with van der Waals surface area (Å²) in [7, 11) is 0. The van der Waals surface area contributed by atoms with Crippen molar-refractivity contribution in [3.05, 3.63) is 65.9 Å². The quantitative estimate of drug-likeness (QED) is 0.406. The number of hydrogen-bond donors (Lipinski definition) is 2. The van der Waals surface area contributed by atoms with Crippen molar-refractivity contribution in [2.24, 2.45) is 0 Å². The Balaban J connectivity index is 1.53. The Bertz CT molecular complexity index is 1410. The van der Waals surface area contributed by atoms with E-state index < -0.39 is 29.3 Å². The van der Waals surface area contributed by atoms with Gasteiger partial charge in [-0.25, -0.2) is 4.98 Å². The molecule has 0 saturated carbocycles. The Morgan fingerprint density at radius 1 is 1.22 bits per heavy atom. The highest BCUT2D eigenvalue weighted by atomic mass is 19.1. The first-order valence-corrected chi connectivity index (χ1v) is 11.9. The number of rotatable bonds is 5. The highest BCUT2D eigenvalue weighted by Gasteiger charge is 2.40. The van der Waals surface area contributed by atoms with E-state index in [1.807, 2.05) is 0 Å². The Morgan fingerprint density at radius 3 is 2.57 bits per heavy atom. The third kappa shape index (κ3) is 4.55. The molecule has 0 spiro atoms. The lowest BCUT2D eigenvalue weighted by atomic mass is 9.96. The molecule has 0 aliphatic carbocycles. The van der Waals surface area contributed by atoms with Crippen molar-refractivity contribution in [3.63, 3.8) is 0 Å². The van der Waals surface area contributed by atoms with E-state index in [-0.39, 0.29) is 42.5 Å². The summed E-state index contributed by atoms with van der Waals surface area (Å²) in [5.41, 5.74) is 1.19. The van der Waals surface area contributed by atoms with Crippen molar-refractivity contribution < 1.29 is 23.9 Å². The molecule has 2 N–H and O–H groups in total. The van der Waals surface area contributed by atoms with E-state index in [2.05, 4.69) is 15.3 Å². The average molecular weight is 504 g/mol. The lowest BCUT2D eigenvalue weighted by Gasteiger charge is -2.45. The molecule has 9 nitrogen and oxygen atoms in total. The largest absolute Gasteiger partial charge is 0.386 e. The molecule has 1 unspecified atom stereocenters. The van der Waals surface area contributed by atoms with Crippen LogP contribution in [0, 0.1) is 5.95 Å². The van der Waals surface area contributed by atoms with Crippen molar-refractivity contribution >= 4 is 34.8 Å². The average Bonchev–Trinajstić information content (AvgIpc) is 2.92. The van der Waals surface area contributed by atoms with E-state index in [0.29, 0.717) is 22.5 Å². The molecular weight excluding hydrogens is 477 g/mol. The fourth-order valence-corrected chi connectivity index (χ4v) is 4.79. The lowest BCUT2D eigenvalue weighted by molar-refractivity contribution is -0.122. The number of pyridine rings is 2. The van der Waals surface area contributed by atoms with Gasteiger partial charge in [-0.15, -0.1) is 0 Å². The van der Waals surface area contributed by atoms with Gasteiger partial charge < -0.3 is 20.2 Å². The van der Waals surface area contributed by atoms with Crippen LogP contribution < -0.4 is 15.1 Å². The Morgan fingerprint density at radius 2 is 1.92 bits per heavy atom. The summed E-state index contributed by atoms with van der Waals surface area (Å²) in [4.78, 5) is 49.7. The number of β-amino-alcohol motifs (C(OH)–C–C–N with tert-alkyl or cyclic N) is 1. The van der Waals surface area contributed by atoms with Gasteiger partial charge >= 0.3 is 0 Å². The number of halogens is 1. The molecule has 190 valence electrons. The third-order valence-electron chi connectivity index (χ3n) is 6.65. The second-order valence-corrected chi connectivity index (χ2v) is 9.78. The standard InChI is InChI=1S/C27H26FN5O4/c1-15-24-19(5-4-10-29-24)23-20(11-21(31-25(23)28)32-13-27(3,37)14-32)33(26(15)36)12-22(35)30-18-8-6-17(7-9-18)16(2)34/h4-11,15,37H,12-14H2,1-3H3,(H,30,35). The summed E-state index contributed by atoms with van der Waals surface area (Å²) in [5.74, 6) is -2.26. The molecule has 2 aliphatic rings. The van der Waals surface area contributed by atoms with Crippen LogP contribution in [0.1, 0.15) is 42.7 Å². The van der Waals surface area contributed by atoms with E-state index >= 15 is 4.39 Å².